The number of rotatable bonds is 3. The van der Waals surface area contributed by atoms with Crippen molar-refractivity contribution in [1.29, 1.82) is 0 Å². The Kier molecular flexibility index (Phi) is 2.86. The van der Waals surface area contributed by atoms with Crippen molar-refractivity contribution in [2.75, 3.05) is 5.32 Å². The van der Waals surface area contributed by atoms with Gasteiger partial charge in [-0.1, -0.05) is 0 Å². The zero-order valence-electron chi connectivity index (χ0n) is 8.75. The summed E-state index contributed by atoms with van der Waals surface area (Å²) in [5.41, 5.74) is 0. The third kappa shape index (κ3) is 2.60. The summed E-state index contributed by atoms with van der Waals surface area (Å²) in [6, 6.07) is 5.25. The van der Waals surface area contributed by atoms with E-state index in [1.54, 1.807) is 48.5 Å². The predicted molar refractivity (Wildman–Crippen MR) is 59.6 cm³/mol. The Morgan fingerprint density at radius 3 is 3.06 bits per heavy atom. The maximum atomic E-state index is 11.4. The molecule has 1 N–H and O–H groups in total. The Bertz CT molecular complexity index is 497. The minimum absolute atomic E-state index is 0.241. The minimum atomic E-state index is -0.241. The summed E-state index contributed by atoms with van der Waals surface area (Å²) in [5.74, 6) is 0.919. The van der Waals surface area contributed by atoms with Gasteiger partial charge in [-0.3, -0.25) is 9.48 Å². The third-order valence-electron chi connectivity index (χ3n) is 1.91. The molecule has 1 amide bonds. The molecule has 0 bridgehead atoms. The molecule has 0 aliphatic carbocycles. The van der Waals surface area contributed by atoms with E-state index in [2.05, 4.69) is 10.4 Å². The Morgan fingerprint density at radius 2 is 2.44 bits per heavy atom. The molecule has 2 rings (SSSR count). The zero-order valence-corrected chi connectivity index (χ0v) is 8.75. The molecule has 0 radical (unpaired) electrons. The molecule has 82 valence electrons. The van der Waals surface area contributed by atoms with Crippen LogP contribution in [0.2, 0.25) is 0 Å². The first-order valence-corrected chi connectivity index (χ1v) is 4.76. The lowest BCUT2D eigenvalue weighted by molar-refractivity contribution is -0.111. The van der Waals surface area contributed by atoms with Crippen LogP contribution in [0.3, 0.4) is 0 Å². The van der Waals surface area contributed by atoms with Crippen LogP contribution in [0, 0.1) is 0 Å². The van der Waals surface area contributed by atoms with Crippen molar-refractivity contribution in [3.63, 3.8) is 0 Å². The molecule has 0 aliphatic rings. The topological polar surface area (TPSA) is 60.1 Å². The first-order chi connectivity index (χ1) is 7.74. The lowest BCUT2D eigenvalue weighted by Gasteiger charge is -1.95. The summed E-state index contributed by atoms with van der Waals surface area (Å²) in [7, 11) is 1.79. The van der Waals surface area contributed by atoms with Crippen molar-refractivity contribution in [2.45, 2.75) is 0 Å². The van der Waals surface area contributed by atoms with Crippen LogP contribution in [0.4, 0.5) is 5.82 Å². The summed E-state index contributed by atoms with van der Waals surface area (Å²) in [6.45, 7) is 0. The van der Waals surface area contributed by atoms with Crippen LogP contribution in [0.1, 0.15) is 5.76 Å². The molecule has 0 saturated heterocycles. The monoisotopic (exact) mass is 217 g/mol. The highest BCUT2D eigenvalue weighted by Crippen LogP contribution is 2.04. The Balaban J connectivity index is 1.94. The normalized spacial score (nSPS) is 10.8. The molecule has 0 aromatic carbocycles. The van der Waals surface area contributed by atoms with Crippen molar-refractivity contribution >= 4 is 17.8 Å². The Morgan fingerprint density at radius 1 is 1.56 bits per heavy atom. The highest BCUT2D eigenvalue weighted by atomic mass is 16.3. The number of aromatic nitrogens is 2. The fourth-order valence-electron chi connectivity index (χ4n) is 1.19. The van der Waals surface area contributed by atoms with Crippen molar-refractivity contribution in [3.8, 4) is 0 Å². The molecule has 0 spiro atoms. The fraction of sp³-hybridized carbons (Fsp3) is 0.0909. The number of aryl methyl sites for hydroxylation is 1. The van der Waals surface area contributed by atoms with E-state index >= 15 is 0 Å². The molecular formula is C11H11N3O2. The molecule has 2 aromatic heterocycles. The molecule has 5 heteroatoms. The Labute approximate surface area is 92.4 Å². The van der Waals surface area contributed by atoms with Crippen molar-refractivity contribution < 1.29 is 9.21 Å². The summed E-state index contributed by atoms with van der Waals surface area (Å²) < 4.78 is 6.67. The lowest BCUT2D eigenvalue weighted by atomic mass is 10.4. The van der Waals surface area contributed by atoms with Crippen LogP contribution in [0.15, 0.2) is 41.2 Å². The molecule has 0 fully saturated rings. The molecular weight excluding hydrogens is 206 g/mol. The van der Waals surface area contributed by atoms with E-state index in [-0.39, 0.29) is 5.91 Å². The molecule has 2 heterocycles. The van der Waals surface area contributed by atoms with Crippen molar-refractivity contribution in [3.05, 3.63) is 42.5 Å². The first kappa shape index (κ1) is 10.2. The second-order valence-corrected chi connectivity index (χ2v) is 3.21. The number of furan rings is 1. The summed E-state index contributed by atoms with van der Waals surface area (Å²) in [5, 5.41) is 6.65. The fourth-order valence-corrected chi connectivity index (χ4v) is 1.19. The van der Waals surface area contributed by atoms with Gasteiger partial charge in [0.1, 0.15) is 5.76 Å². The lowest BCUT2D eigenvalue weighted by Crippen LogP contribution is -2.08. The van der Waals surface area contributed by atoms with E-state index in [9.17, 15) is 4.79 Å². The van der Waals surface area contributed by atoms with Crippen molar-refractivity contribution in [2.24, 2.45) is 7.05 Å². The standard InChI is InChI=1S/C11H11N3O2/c1-14-7-6-10(13-14)12-11(15)5-4-9-3-2-8-16-9/h2-8H,1H3,(H,12,13,15)/b5-4+. The van der Waals surface area contributed by atoms with Crippen LogP contribution in [0.25, 0.3) is 6.08 Å². The van der Waals surface area contributed by atoms with Gasteiger partial charge in [0.15, 0.2) is 5.82 Å². The number of anilines is 1. The predicted octanol–water partition coefficient (Wildman–Crippen LogP) is 1.66. The SMILES string of the molecule is Cn1ccc(NC(=O)/C=C/c2ccco2)n1. The van der Waals surface area contributed by atoms with Crippen LogP contribution >= 0.6 is 0 Å². The highest BCUT2D eigenvalue weighted by Gasteiger charge is 2.00. The van der Waals surface area contributed by atoms with Gasteiger partial charge in [0.05, 0.1) is 6.26 Å². The van der Waals surface area contributed by atoms with E-state index < -0.39 is 0 Å². The largest absolute Gasteiger partial charge is 0.465 e. The number of amides is 1. The van der Waals surface area contributed by atoms with Gasteiger partial charge in [-0.15, -0.1) is 0 Å². The van der Waals surface area contributed by atoms with Gasteiger partial charge >= 0.3 is 0 Å². The number of hydrogen-bond donors (Lipinski definition) is 1. The molecule has 0 aliphatic heterocycles. The second kappa shape index (κ2) is 4.48. The maximum absolute atomic E-state index is 11.4. The van der Waals surface area contributed by atoms with E-state index in [0.717, 1.165) is 0 Å². The van der Waals surface area contributed by atoms with Gasteiger partial charge in [0.2, 0.25) is 5.91 Å². The van der Waals surface area contributed by atoms with Gasteiger partial charge < -0.3 is 9.73 Å². The second-order valence-electron chi connectivity index (χ2n) is 3.21. The molecule has 0 unspecified atom stereocenters. The van der Waals surface area contributed by atoms with Crippen LogP contribution in [0.5, 0.6) is 0 Å². The number of carbonyl (C=O) groups is 1. The summed E-state index contributed by atoms with van der Waals surface area (Å²) in [4.78, 5) is 11.4. The summed E-state index contributed by atoms with van der Waals surface area (Å²) >= 11 is 0. The maximum Gasteiger partial charge on any atom is 0.249 e. The van der Waals surface area contributed by atoms with Crippen LogP contribution in [-0.4, -0.2) is 15.7 Å². The number of nitrogens with zero attached hydrogens (tertiary/aromatic N) is 2. The van der Waals surface area contributed by atoms with Gasteiger partial charge in [-0.05, 0) is 18.2 Å². The quantitative estimate of drug-likeness (QED) is 0.795. The smallest absolute Gasteiger partial charge is 0.249 e. The van der Waals surface area contributed by atoms with Gasteiger partial charge in [0.25, 0.3) is 0 Å². The molecule has 0 saturated carbocycles. The van der Waals surface area contributed by atoms with E-state index in [0.29, 0.717) is 11.6 Å². The third-order valence-corrected chi connectivity index (χ3v) is 1.91. The summed E-state index contributed by atoms with van der Waals surface area (Å²) in [6.07, 6.45) is 6.30. The Hall–Kier alpha value is -2.30. The molecule has 0 atom stereocenters. The van der Waals surface area contributed by atoms with Crippen LogP contribution < -0.4 is 5.32 Å². The number of carbonyl (C=O) groups excluding carboxylic acids is 1. The highest BCUT2D eigenvalue weighted by molar-refractivity contribution is 6.01. The van der Waals surface area contributed by atoms with Crippen molar-refractivity contribution in [1.82, 2.24) is 9.78 Å². The minimum Gasteiger partial charge on any atom is -0.465 e. The molecule has 16 heavy (non-hydrogen) atoms. The average Bonchev–Trinajstić information content (AvgIpc) is 2.87. The average molecular weight is 217 g/mol. The molecule has 5 nitrogen and oxygen atoms in total. The first-order valence-electron chi connectivity index (χ1n) is 4.76. The van der Waals surface area contributed by atoms with E-state index in [1.807, 2.05) is 0 Å². The van der Waals surface area contributed by atoms with Gasteiger partial charge in [-0.2, -0.15) is 5.10 Å². The van der Waals surface area contributed by atoms with Gasteiger partial charge in [0, 0.05) is 25.4 Å². The van der Waals surface area contributed by atoms with Gasteiger partial charge in [-0.25, -0.2) is 0 Å². The van der Waals surface area contributed by atoms with Crippen LogP contribution in [-0.2, 0) is 11.8 Å². The van der Waals surface area contributed by atoms with E-state index in [1.165, 1.54) is 6.08 Å². The number of nitrogens with one attached hydrogen (secondary N) is 1. The zero-order chi connectivity index (χ0) is 11.4. The van der Waals surface area contributed by atoms with E-state index in [4.69, 9.17) is 4.42 Å². The molecule has 2 aromatic rings. The number of hydrogen-bond acceptors (Lipinski definition) is 3.